The van der Waals surface area contributed by atoms with E-state index in [1.165, 1.54) is 17.2 Å². The molecular weight excluding hydrogens is 338 g/mol. The van der Waals surface area contributed by atoms with E-state index in [4.69, 9.17) is 11.6 Å². The Morgan fingerprint density at radius 2 is 1.68 bits per heavy atom. The van der Waals surface area contributed by atoms with Crippen molar-refractivity contribution in [2.75, 3.05) is 0 Å². The highest BCUT2D eigenvalue weighted by Gasteiger charge is 2.24. The van der Waals surface area contributed by atoms with Gasteiger partial charge in [0.2, 0.25) is 0 Å². The van der Waals surface area contributed by atoms with E-state index in [9.17, 15) is 4.39 Å². The van der Waals surface area contributed by atoms with Crippen LogP contribution in [0.3, 0.4) is 0 Å². The summed E-state index contributed by atoms with van der Waals surface area (Å²) >= 11 is 5.89. The second-order valence-electron chi connectivity index (χ2n) is 6.43. The van der Waals surface area contributed by atoms with Crippen molar-refractivity contribution in [1.82, 2.24) is 0 Å². The van der Waals surface area contributed by atoms with Crippen LogP contribution in [0.15, 0.2) is 48.5 Å². The van der Waals surface area contributed by atoms with Crippen LogP contribution >= 0.6 is 11.6 Å². The maximum Gasteiger partial charge on any atom is 0.137 e. The standard InChI is InChI=1S/C22H17ClF2/c1-2-13-3-9-17-15(11-13)6-10-18-19(17)12-20(24)21(22(18)25)14-4-7-16(23)8-5-14/h3-5,7-9,11-12H,2,6,10H2,1H3. The van der Waals surface area contributed by atoms with Gasteiger partial charge in [-0.3, -0.25) is 0 Å². The van der Waals surface area contributed by atoms with Crippen LogP contribution in [0, 0.1) is 11.6 Å². The zero-order chi connectivity index (χ0) is 17.6. The summed E-state index contributed by atoms with van der Waals surface area (Å²) in [6.45, 7) is 2.11. The molecule has 0 heterocycles. The van der Waals surface area contributed by atoms with E-state index in [2.05, 4.69) is 13.0 Å². The predicted molar refractivity (Wildman–Crippen MR) is 99.0 cm³/mol. The molecule has 25 heavy (non-hydrogen) atoms. The molecule has 1 aliphatic rings. The Morgan fingerprint density at radius 1 is 0.920 bits per heavy atom. The first kappa shape index (κ1) is 16.3. The minimum Gasteiger partial charge on any atom is -0.206 e. The molecule has 0 saturated heterocycles. The Balaban J connectivity index is 1.90. The van der Waals surface area contributed by atoms with Crippen LogP contribution in [0.1, 0.15) is 23.6 Å². The third kappa shape index (κ3) is 2.75. The second-order valence-corrected chi connectivity index (χ2v) is 6.86. The van der Waals surface area contributed by atoms with Crippen molar-refractivity contribution in [3.05, 3.63) is 81.9 Å². The quantitative estimate of drug-likeness (QED) is 0.485. The van der Waals surface area contributed by atoms with E-state index in [-0.39, 0.29) is 5.56 Å². The Hall–Kier alpha value is -2.19. The van der Waals surface area contributed by atoms with Gasteiger partial charge in [0.1, 0.15) is 11.6 Å². The van der Waals surface area contributed by atoms with Gasteiger partial charge in [-0.05, 0) is 70.8 Å². The number of benzene rings is 3. The largest absolute Gasteiger partial charge is 0.206 e. The summed E-state index contributed by atoms with van der Waals surface area (Å²) in [6.07, 6.45) is 2.32. The van der Waals surface area contributed by atoms with Crippen molar-refractivity contribution in [3.8, 4) is 22.3 Å². The molecule has 0 saturated carbocycles. The zero-order valence-corrected chi connectivity index (χ0v) is 14.6. The smallest absolute Gasteiger partial charge is 0.137 e. The van der Waals surface area contributed by atoms with Crippen LogP contribution in [0.4, 0.5) is 8.78 Å². The predicted octanol–water partition coefficient (Wildman–Crippen LogP) is 6.61. The lowest BCUT2D eigenvalue weighted by molar-refractivity contribution is 0.577. The molecule has 0 aliphatic heterocycles. The fraction of sp³-hybridized carbons (Fsp3) is 0.182. The van der Waals surface area contributed by atoms with Crippen molar-refractivity contribution < 1.29 is 8.78 Å². The normalized spacial score (nSPS) is 12.6. The van der Waals surface area contributed by atoms with E-state index >= 15 is 4.39 Å². The summed E-state index contributed by atoms with van der Waals surface area (Å²) in [5, 5.41) is 0.545. The van der Waals surface area contributed by atoms with Gasteiger partial charge < -0.3 is 0 Å². The molecule has 0 atom stereocenters. The highest BCUT2D eigenvalue weighted by molar-refractivity contribution is 6.30. The molecule has 1 aliphatic carbocycles. The van der Waals surface area contributed by atoms with Gasteiger partial charge in [0, 0.05) is 5.02 Å². The van der Waals surface area contributed by atoms with Gasteiger partial charge in [0.25, 0.3) is 0 Å². The maximum atomic E-state index is 15.2. The van der Waals surface area contributed by atoms with Gasteiger partial charge in [0.05, 0.1) is 5.56 Å². The lowest BCUT2D eigenvalue weighted by Crippen LogP contribution is -2.09. The summed E-state index contributed by atoms with van der Waals surface area (Å²) < 4.78 is 30.0. The van der Waals surface area contributed by atoms with E-state index in [0.29, 0.717) is 28.1 Å². The van der Waals surface area contributed by atoms with Crippen LogP contribution in [0.2, 0.25) is 5.02 Å². The van der Waals surface area contributed by atoms with Crippen molar-refractivity contribution in [1.29, 1.82) is 0 Å². The van der Waals surface area contributed by atoms with Gasteiger partial charge >= 0.3 is 0 Å². The molecule has 0 radical (unpaired) electrons. The van der Waals surface area contributed by atoms with E-state index in [1.807, 2.05) is 12.1 Å². The van der Waals surface area contributed by atoms with Gasteiger partial charge in [0.15, 0.2) is 0 Å². The number of aryl methyl sites for hydroxylation is 2. The monoisotopic (exact) mass is 354 g/mol. The van der Waals surface area contributed by atoms with Gasteiger partial charge in [-0.1, -0.05) is 48.9 Å². The number of hydrogen-bond donors (Lipinski definition) is 0. The molecule has 0 amide bonds. The lowest BCUT2D eigenvalue weighted by atomic mass is 9.82. The number of hydrogen-bond acceptors (Lipinski definition) is 0. The molecule has 3 heteroatoms. The fourth-order valence-corrected chi connectivity index (χ4v) is 3.75. The maximum absolute atomic E-state index is 15.2. The minimum absolute atomic E-state index is 0.0315. The van der Waals surface area contributed by atoms with Crippen molar-refractivity contribution >= 4 is 11.6 Å². The lowest BCUT2D eigenvalue weighted by Gasteiger charge is -2.23. The average molecular weight is 355 g/mol. The average Bonchev–Trinajstić information content (AvgIpc) is 2.62. The number of halogens is 3. The zero-order valence-electron chi connectivity index (χ0n) is 13.9. The molecule has 0 aromatic heterocycles. The fourth-order valence-electron chi connectivity index (χ4n) is 3.62. The molecule has 3 aromatic carbocycles. The molecule has 0 unspecified atom stereocenters. The molecule has 0 bridgehead atoms. The van der Waals surface area contributed by atoms with Crippen LogP contribution in [-0.4, -0.2) is 0 Å². The van der Waals surface area contributed by atoms with Crippen molar-refractivity contribution in [2.24, 2.45) is 0 Å². The third-order valence-electron chi connectivity index (χ3n) is 4.96. The summed E-state index contributed by atoms with van der Waals surface area (Å²) in [4.78, 5) is 0. The van der Waals surface area contributed by atoms with E-state index in [1.54, 1.807) is 24.3 Å². The topological polar surface area (TPSA) is 0 Å². The van der Waals surface area contributed by atoms with Gasteiger partial charge in [-0.15, -0.1) is 0 Å². The van der Waals surface area contributed by atoms with Crippen LogP contribution in [0.5, 0.6) is 0 Å². The Labute approximate surface area is 151 Å². The van der Waals surface area contributed by atoms with Crippen molar-refractivity contribution in [2.45, 2.75) is 26.2 Å². The SMILES string of the molecule is CCc1ccc2c(c1)CCc1c-2cc(F)c(-c2ccc(Cl)cc2)c1F. The molecule has 0 spiro atoms. The first-order valence-corrected chi connectivity index (χ1v) is 8.85. The molecule has 126 valence electrons. The molecular formula is C22H17ClF2. The highest BCUT2D eigenvalue weighted by atomic mass is 35.5. The number of fused-ring (bicyclic) bond motifs is 3. The van der Waals surface area contributed by atoms with Crippen LogP contribution < -0.4 is 0 Å². The molecule has 4 rings (SSSR count). The van der Waals surface area contributed by atoms with Gasteiger partial charge in [-0.25, -0.2) is 8.78 Å². The van der Waals surface area contributed by atoms with E-state index < -0.39 is 11.6 Å². The molecule has 0 fully saturated rings. The summed E-state index contributed by atoms with van der Waals surface area (Å²) in [5.41, 5.74) is 5.18. The summed E-state index contributed by atoms with van der Waals surface area (Å²) in [5.74, 6) is -0.992. The molecule has 0 N–H and O–H groups in total. The minimum atomic E-state index is -0.536. The first-order chi connectivity index (χ1) is 12.1. The van der Waals surface area contributed by atoms with Crippen molar-refractivity contribution in [3.63, 3.8) is 0 Å². The Morgan fingerprint density at radius 3 is 2.40 bits per heavy atom. The van der Waals surface area contributed by atoms with Crippen LogP contribution in [-0.2, 0) is 19.3 Å². The molecule has 0 nitrogen and oxygen atoms in total. The second kappa shape index (κ2) is 6.27. The van der Waals surface area contributed by atoms with Crippen LogP contribution in [0.25, 0.3) is 22.3 Å². The molecule has 3 aromatic rings. The highest BCUT2D eigenvalue weighted by Crippen LogP contribution is 2.40. The Bertz CT molecular complexity index is 959. The third-order valence-corrected chi connectivity index (χ3v) is 5.22. The summed E-state index contributed by atoms with van der Waals surface area (Å²) in [7, 11) is 0. The van der Waals surface area contributed by atoms with E-state index in [0.717, 1.165) is 18.4 Å². The summed E-state index contributed by atoms with van der Waals surface area (Å²) in [6, 6.07) is 14.3. The van der Waals surface area contributed by atoms with Gasteiger partial charge in [-0.2, -0.15) is 0 Å². The first-order valence-electron chi connectivity index (χ1n) is 8.47. The number of rotatable bonds is 2. The Kier molecular flexibility index (Phi) is 4.09.